The molecule has 35 heavy (non-hydrogen) atoms. The third-order valence-corrected chi connectivity index (χ3v) is 7.79. The molecule has 2 aromatic carbocycles. The van der Waals surface area contributed by atoms with Crippen molar-refractivity contribution in [2.24, 2.45) is 0 Å². The third-order valence-electron chi connectivity index (χ3n) is 6.36. The van der Waals surface area contributed by atoms with E-state index in [-0.39, 0.29) is 22.9 Å². The van der Waals surface area contributed by atoms with Crippen molar-refractivity contribution in [2.75, 3.05) is 25.6 Å². The number of ether oxygens (including phenoxy) is 1. The Bertz CT molecular complexity index is 1370. The number of anilines is 1. The average molecular weight is 495 g/mol. The zero-order valence-electron chi connectivity index (χ0n) is 20.5. The summed E-state index contributed by atoms with van der Waals surface area (Å²) in [6.07, 6.45) is 1.76. The van der Waals surface area contributed by atoms with Crippen molar-refractivity contribution < 1.29 is 17.9 Å². The first-order valence-corrected chi connectivity index (χ1v) is 12.8. The molecule has 1 aliphatic rings. The van der Waals surface area contributed by atoms with Gasteiger partial charge in [-0.1, -0.05) is 26.0 Å². The fourth-order valence-corrected chi connectivity index (χ4v) is 5.06. The first kappa shape index (κ1) is 24.7. The Morgan fingerprint density at radius 2 is 1.86 bits per heavy atom. The van der Waals surface area contributed by atoms with Gasteiger partial charge in [0.15, 0.2) is 0 Å². The number of rotatable bonds is 6. The Morgan fingerprint density at radius 3 is 2.49 bits per heavy atom. The van der Waals surface area contributed by atoms with E-state index < -0.39 is 10.0 Å². The van der Waals surface area contributed by atoms with Crippen LogP contribution in [0.25, 0.3) is 11.3 Å². The second kappa shape index (κ2) is 9.31. The summed E-state index contributed by atoms with van der Waals surface area (Å²) in [5, 5.41) is 2.94. The van der Waals surface area contributed by atoms with Gasteiger partial charge in [-0.15, -0.1) is 0 Å². The minimum Gasteiger partial charge on any atom is -0.497 e. The summed E-state index contributed by atoms with van der Waals surface area (Å²) in [5.74, 6) is 0.800. The molecule has 184 valence electrons. The number of aromatic nitrogens is 1. The van der Waals surface area contributed by atoms with Gasteiger partial charge >= 0.3 is 6.03 Å². The highest BCUT2D eigenvalue weighted by atomic mass is 32.2. The minimum absolute atomic E-state index is 0.180. The maximum absolute atomic E-state index is 13.1. The van der Waals surface area contributed by atoms with Gasteiger partial charge in [-0.2, -0.15) is 0 Å². The predicted molar refractivity (Wildman–Crippen MR) is 136 cm³/mol. The number of benzene rings is 2. The van der Waals surface area contributed by atoms with Gasteiger partial charge in [0.05, 0.1) is 29.6 Å². The van der Waals surface area contributed by atoms with E-state index in [1.54, 1.807) is 30.3 Å². The lowest BCUT2D eigenvalue weighted by Gasteiger charge is -2.21. The zero-order valence-corrected chi connectivity index (χ0v) is 21.4. The normalized spacial score (nSPS) is 14.5. The number of fused-ring (bicyclic) bond motifs is 1. The fourth-order valence-electron chi connectivity index (χ4n) is 4.33. The highest BCUT2D eigenvalue weighted by molar-refractivity contribution is 7.89. The molecule has 0 atom stereocenters. The molecule has 0 saturated carbocycles. The van der Waals surface area contributed by atoms with Crippen molar-refractivity contribution in [1.82, 2.24) is 15.0 Å². The highest BCUT2D eigenvalue weighted by Crippen LogP contribution is 2.42. The molecule has 1 aromatic heterocycles. The quantitative estimate of drug-likeness (QED) is 0.540. The minimum atomic E-state index is -3.49. The maximum Gasteiger partial charge on any atom is 0.322 e. The van der Waals surface area contributed by atoms with Crippen molar-refractivity contribution in [2.45, 2.75) is 37.6 Å². The van der Waals surface area contributed by atoms with Gasteiger partial charge in [0.1, 0.15) is 5.75 Å². The SMILES string of the molecule is CNS(=O)(=O)c1ccc(CNC(=O)N2CC(C)(C)c3cc(-c4ccc(OC)cc4C)ncc32)cc1. The molecule has 0 aliphatic carbocycles. The summed E-state index contributed by atoms with van der Waals surface area (Å²) in [6.45, 7) is 7.07. The number of hydrogen-bond acceptors (Lipinski definition) is 5. The van der Waals surface area contributed by atoms with Crippen LogP contribution in [0.15, 0.2) is 59.6 Å². The molecule has 2 N–H and O–H groups in total. The maximum atomic E-state index is 13.1. The zero-order chi connectivity index (χ0) is 25.4. The molecular weight excluding hydrogens is 464 g/mol. The molecule has 2 heterocycles. The van der Waals surface area contributed by atoms with Crippen LogP contribution in [-0.2, 0) is 22.0 Å². The molecule has 1 aliphatic heterocycles. The van der Waals surface area contributed by atoms with Crippen LogP contribution in [0.4, 0.5) is 10.5 Å². The second-order valence-corrected chi connectivity index (χ2v) is 11.1. The molecule has 3 aromatic rings. The van der Waals surface area contributed by atoms with Crippen molar-refractivity contribution in [3.05, 3.63) is 71.4 Å². The highest BCUT2D eigenvalue weighted by Gasteiger charge is 2.38. The number of urea groups is 1. The number of hydrogen-bond donors (Lipinski definition) is 2. The van der Waals surface area contributed by atoms with E-state index in [0.29, 0.717) is 6.54 Å². The molecule has 9 heteroatoms. The van der Waals surface area contributed by atoms with Gasteiger partial charge < -0.3 is 10.1 Å². The van der Waals surface area contributed by atoms with E-state index in [9.17, 15) is 13.2 Å². The van der Waals surface area contributed by atoms with Crippen LogP contribution in [0.3, 0.4) is 0 Å². The molecule has 0 spiro atoms. The largest absolute Gasteiger partial charge is 0.497 e. The molecule has 0 radical (unpaired) electrons. The summed E-state index contributed by atoms with van der Waals surface area (Å²) in [4.78, 5) is 19.7. The van der Waals surface area contributed by atoms with Crippen LogP contribution in [0.1, 0.15) is 30.5 Å². The number of sulfonamides is 1. The number of methoxy groups -OCH3 is 1. The van der Waals surface area contributed by atoms with E-state index in [0.717, 1.165) is 39.4 Å². The summed E-state index contributed by atoms with van der Waals surface area (Å²) in [6, 6.07) is 14.2. The van der Waals surface area contributed by atoms with E-state index >= 15 is 0 Å². The number of carbonyl (C=O) groups excluding carboxylic acids is 1. The summed E-state index contributed by atoms with van der Waals surface area (Å²) >= 11 is 0. The van der Waals surface area contributed by atoms with Gasteiger partial charge in [0, 0.05) is 24.1 Å². The van der Waals surface area contributed by atoms with Crippen LogP contribution in [0, 0.1) is 6.92 Å². The first-order valence-electron chi connectivity index (χ1n) is 11.3. The van der Waals surface area contributed by atoms with E-state index in [2.05, 4.69) is 34.9 Å². The lowest BCUT2D eigenvalue weighted by atomic mass is 9.86. The first-order chi connectivity index (χ1) is 16.6. The van der Waals surface area contributed by atoms with E-state index in [1.165, 1.54) is 19.2 Å². The number of nitrogens with one attached hydrogen (secondary N) is 2. The Labute approximate surface area is 206 Å². The van der Waals surface area contributed by atoms with Crippen LogP contribution in [0.2, 0.25) is 0 Å². The van der Waals surface area contributed by atoms with Gasteiger partial charge in [0.25, 0.3) is 0 Å². The van der Waals surface area contributed by atoms with Crippen molar-refractivity contribution in [3.63, 3.8) is 0 Å². The number of amides is 2. The lowest BCUT2D eigenvalue weighted by Crippen LogP contribution is -2.41. The molecule has 8 nitrogen and oxygen atoms in total. The smallest absolute Gasteiger partial charge is 0.322 e. The Balaban J connectivity index is 1.52. The lowest BCUT2D eigenvalue weighted by molar-refractivity contribution is 0.245. The van der Waals surface area contributed by atoms with Crippen molar-refractivity contribution in [1.29, 1.82) is 0 Å². The van der Waals surface area contributed by atoms with Crippen LogP contribution in [-0.4, -0.2) is 40.1 Å². The Hall–Kier alpha value is -3.43. The molecule has 0 unspecified atom stereocenters. The molecule has 0 saturated heterocycles. The number of pyridine rings is 1. The summed E-state index contributed by atoms with van der Waals surface area (Å²) < 4.78 is 31.4. The van der Waals surface area contributed by atoms with Gasteiger partial charge in [0.2, 0.25) is 10.0 Å². The Kier molecular flexibility index (Phi) is 6.57. The van der Waals surface area contributed by atoms with E-state index in [1.807, 2.05) is 25.1 Å². The number of nitrogens with zero attached hydrogens (tertiary/aromatic N) is 2. The summed E-state index contributed by atoms with van der Waals surface area (Å²) in [7, 11) is -0.478. The van der Waals surface area contributed by atoms with Gasteiger partial charge in [-0.25, -0.2) is 17.9 Å². The fraction of sp³-hybridized carbons (Fsp3) is 0.308. The van der Waals surface area contributed by atoms with Crippen LogP contribution >= 0.6 is 0 Å². The van der Waals surface area contributed by atoms with Crippen LogP contribution in [0.5, 0.6) is 5.75 Å². The summed E-state index contributed by atoms with van der Waals surface area (Å²) in [5.41, 5.74) is 5.36. The molecular formula is C26H30N4O4S. The number of carbonyl (C=O) groups is 1. The van der Waals surface area contributed by atoms with Crippen molar-refractivity contribution in [3.8, 4) is 17.0 Å². The molecule has 4 rings (SSSR count). The monoisotopic (exact) mass is 494 g/mol. The average Bonchev–Trinajstić information content (AvgIpc) is 3.12. The van der Waals surface area contributed by atoms with Crippen molar-refractivity contribution >= 4 is 21.7 Å². The topological polar surface area (TPSA) is 101 Å². The number of aryl methyl sites for hydroxylation is 1. The third kappa shape index (κ3) is 4.87. The van der Waals surface area contributed by atoms with Crippen LogP contribution < -0.4 is 19.7 Å². The molecule has 0 bridgehead atoms. The predicted octanol–water partition coefficient (Wildman–Crippen LogP) is 3.98. The Morgan fingerprint density at radius 1 is 1.14 bits per heavy atom. The van der Waals surface area contributed by atoms with E-state index in [4.69, 9.17) is 4.74 Å². The van der Waals surface area contributed by atoms with Gasteiger partial charge in [-0.3, -0.25) is 9.88 Å². The molecule has 0 fully saturated rings. The molecule has 2 amide bonds. The standard InChI is InChI=1S/C26H30N4O4S/c1-17-12-19(34-5)8-11-21(17)23-13-22-24(15-28-23)30(16-26(22,2)3)25(31)29-14-18-6-9-20(10-7-18)35(32,33)27-4/h6-13,15,27H,14,16H2,1-5H3,(H,29,31). The second-order valence-electron chi connectivity index (χ2n) is 9.25. The van der Waals surface area contributed by atoms with Gasteiger partial charge in [-0.05, 0) is 67.1 Å².